The summed E-state index contributed by atoms with van der Waals surface area (Å²) in [7, 11) is 1.38. The first-order chi connectivity index (χ1) is 13.1. The summed E-state index contributed by atoms with van der Waals surface area (Å²) in [6.07, 6.45) is 0. The van der Waals surface area contributed by atoms with E-state index in [2.05, 4.69) is 10.2 Å². The average Bonchev–Trinajstić information content (AvgIpc) is 2.72. The van der Waals surface area contributed by atoms with Gasteiger partial charge < -0.3 is 19.9 Å². The number of anilines is 1. The van der Waals surface area contributed by atoms with E-state index in [9.17, 15) is 9.59 Å². The van der Waals surface area contributed by atoms with Crippen molar-refractivity contribution in [2.24, 2.45) is 0 Å². The Balaban J connectivity index is 1.55. The highest BCUT2D eigenvalue weighted by atomic mass is 35.5. The summed E-state index contributed by atoms with van der Waals surface area (Å²) in [5, 5.41) is 3.61. The molecule has 1 heterocycles. The van der Waals surface area contributed by atoms with Gasteiger partial charge in [-0.3, -0.25) is 0 Å². The van der Waals surface area contributed by atoms with Crippen molar-refractivity contribution >= 4 is 29.3 Å². The Labute approximate surface area is 163 Å². The van der Waals surface area contributed by atoms with Gasteiger partial charge in [-0.1, -0.05) is 35.9 Å². The lowest BCUT2D eigenvalue weighted by atomic mass is 10.1. The van der Waals surface area contributed by atoms with Gasteiger partial charge in [0.25, 0.3) is 0 Å². The molecular formula is C20H22ClN3O3. The molecule has 0 atom stereocenters. The Morgan fingerprint density at radius 2 is 1.70 bits per heavy atom. The molecule has 2 aromatic rings. The number of hydrogen-bond acceptors (Lipinski definition) is 4. The first-order valence-electron chi connectivity index (χ1n) is 8.78. The van der Waals surface area contributed by atoms with Crippen LogP contribution in [0.15, 0.2) is 48.5 Å². The third kappa shape index (κ3) is 4.71. The van der Waals surface area contributed by atoms with Crippen molar-refractivity contribution < 1.29 is 14.3 Å². The first kappa shape index (κ1) is 19.0. The van der Waals surface area contributed by atoms with Crippen molar-refractivity contribution in [2.45, 2.75) is 6.54 Å². The fourth-order valence-corrected chi connectivity index (χ4v) is 3.20. The highest BCUT2D eigenvalue weighted by Crippen LogP contribution is 2.22. The maximum absolute atomic E-state index is 12.4. The van der Waals surface area contributed by atoms with E-state index in [-0.39, 0.29) is 12.0 Å². The summed E-state index contributed by atoms with van der Waals surface area (Å²) in [6, 6.07) is 14.7. The van der Waals surface area contributed by atoms with Gasteiger partial charge in [0.1, 0.15) is 0 Å². The highest BCUT2D eigenvalue weighted by Gasteiger charge is 2.24. The molecule has 2 aromatic carbocycles. The maximum atomic E-state index is 12.4. The van der Waals surface area contributed by atoms with Gasteiger partial charge in [-0.05, 0) is 29.8 Å². The van der Waals surface area contributed by atoms with E-state index in [4.69, 9.17) is 16.3 Å². The number of piperazine rings is 1. The van der Waals surface area contributed by atoms with Gasteiger partial charge in [-0.15, -0.1) is 0 Å². The van der Waals surface area contributed by atoms with E-state index < -0.39 is 0 Å². The summed E-state index contributed by atoms with van der Waals surface area (Å²) in [4.78, 5) is 28.2. The molecular weight excluding hydrogens is 366 g/mol. The second-order valence-electron chi connectivity index (χ2n) is 6.27. The monoisotopic (exact) mass is 387 g/mol. The number of rotatable bonds is 4. The van der Waals surface area contributed by atoms with E-state index in [0.717, 1.165) is 11.3 Å². The number of methoxy groups -OCH3 is 1. The molecule has 1 aliphatic rings. The molecule has 0 unspecified atom stereocenters. The lowest BCUT2D eigenvalue weighted by molar-refractivity contribution is 0.0601. The van der Waals surface area contributed by atoms with Crippen LogP contribution in [0.4, 0.5) is 10.5 Å². The normalized spacial score (nSPS) is 14.0. The summed E-state index contributed by atoms with van der Waals surface area (Å²) >= 11 is 5.87. The van der Waals surface area contributed by atoms with Gasteiger partial charge >= 0.3 is 12.0 Å². The van der Waals surface area contributed by atoms with Crippen molar-refractivity contribution in [1.29, 1.82) is 0 Å². The number of carbonyl (C=O) groups excluding carboxylic acids is 2. The van der Waals surface area contributed by atoms with Crippen LogP contribution >= 0.6 is 11.6 Å². The van der Waals surface area contributed by atoms with Crippen LogP contribution in [0.5, 0.6) is 0 Å². The number of urea groups is 1. The fraction of sp³-hybridized carbons (Fsp3) is 0.300. The third-order valence-electron chi connectivity index (χ3n) is 4.57. The lowest BCUT2D eigenvalue weighted by Crippen LogP contribution is -2.52. The first-order valence-corrected chi connectivity index (χ1v) is 9.16. The number of nitrogens with one attached hydrogen (secondary N) is 1. The van der Waals surface area contributed by atoms with Crippen LogP contribution < -0.4 is 10.2 Å². The van der Waals surface area contributed by atoms with Gasteiger partial charge in [0.05, 0.1) is 18.4 Å². The standard InChI is InChI=1S/C20H22ClN3O3/c1-27-19(25)17-4-2-3-5-18(17)23-10-12-24(13-11-23)20(26)22-14-15-6-8-16(21)9-7-15/h2-9H,10-14H2,1H3,(H,22,26). The SMILES string of the molecule is COC(=O)c1ccccc1N1CCN(C(=O)NCc2ccc(Cl)cc2)CC1. The van der Waals surface area contributed by atoms with Crippen LogP contribution in [0.1, 0.15) is 15.9 Å². The minimum absolute atomic E-state index is 0.0918. The smallest absolute Gasteiger partial charge is 0.339 e. The van der Waals surface area contributed by atoms with Crippen molar-refractivity contribution in [3.8, 4) is 0 Å². The van der Waals surface area contributed by atoms with Gasteiger partial charge in [-0.25, -0.2) is 9.59 Å². The second-order valence-corrected chi connectivity index (χ2v) is 6.70. The number of halogens is 1. The van der Waals surface area contributed by atoms with Gasteiger partial charge in [0, 0.05) is 37.7 Å². The molecule has 0 aliphatic carbocycles. The number of para-hydroxylation sites is 1. The Hall–Kier alpha value is -2.73. The minimum atomic E-state index is -0.353. The van der Waals surface area contributed by atoms with Crippen molar-refractivity contribution in [1.82, 2.24) is 10.2 Å². The molecule has 1 aliphatic heterocycles. The van der Waals surface area contributed by atoms with E-state index in [1.54, 1.807) is 23.1 Å². The van der Waals surface area contributed by atoms with Crippen LogP contribution in [0.3, 0.4) is 0 Å². The molecule has 0 bridgehead atoms. The van der Waals surface area contributed by atoms with E-state index >= 15 is 0 Å². The Morgan fingerprint density at radius 3 is 2.37 bits per heavy atom. The Kier molecular flexibility index (Phi) is 6.19. The highest BCUT2D eigenvalue weighted by molar-refractivity contribution is 6.30. The molecule has 7 heteroatoms. The molecule has 27 heavy (non-hydrogen) atoms. The summed E-state index contributed by atoms with van der Waals surface area (Å²) in [6.45, 7) is 2.94. The van der Waals surface area contributed by atoms with Gasteiger partial charge in [0.2, 0.25) is 0 Å². The number of carbonyl (C=O) groups is 2. The molecule has 2 amide bonds. The number of ether oxygens (including phenoxy) is 1. The quantitative estimate of drug-likeness (QED) is 0.818. The van der Waals surface area contributed by atoms with Crippen LogP contribution in [0.25, 0.3) is 0 Å². The number of hydrogen-bond donors (Lipinski definition) is 1. The predicted octanol–water partition coefficient (Wildman–Crippen LogP) is 3.16. The zero-order valence-electron chi connectivity index (χ0n) is 15.2. The number of benzene rings is 2. The van der Waals surface area contributed by atoms with Crippen molar-refractivity contribution in [3.05, 3.63) is 64.7 Å². The maximum Gasteiger partial charge on any atom is 0.339 e. The Morgan fingerprint density at radius 1 is 1.04 bits per heavy atom. The van der Waals surface area contributed by atoms with Crippen LogP contribution in [0, 0.1) is 0 Å². The summed E-state index contributed by atoms with van der Waals surface area (Å²) in [5.41, 5.74) is 2.38. The molecule has 1 fully saturated rings. The van der Waals surface area contributed by atoms with E-state index in [0.29, 0.717) is 43.3 Å². The average molecular weight is 388 g/mol. The topological polar surface area (TPSA) is 61.9 Å². The summed E-state index contributed by atoms with van der Waals surface area (Å²) in [5.74, 6) is -0.353. The fourth-order valence-electron chi connectivity index (χ4n) is 3.07. The largest absolute Gasteiger partial charge is 0.465 e. The molecule has 0 radical (unpaired) electrons. The van der Waals surface area contributed by atoms with Crippen LogP contribution in [0.2, 0.25) is 5.02 Å². The molecule has 6 nitrogen and oxygen atoms in total. The predicted molar refractivity (Wildman–Crippen MR) is 105 cm³/mol. The van der Waals surface area contributed by atoms with Gasteiger partial charge in [0.15, 0.2) is 0 Å². The molecule has 1 N–H and O–H groups in total. The van der Waals surface area contributed by atoms with Gasteiger partial charge in [-0.2, -0.15) is 0 Å². The molecule has 3 rings (SSSR count). The molecule has 0 spiro atoms. The van der Waals surface area contributed by atoms with E-state index in [1.807, 2.05) is 30.3 Å². The zero-order valence-corrected chi connectivity index (χ0v) is 15.9. The van der Waals surface area contributed by atoms with Crippen molar-refractivity contribution in [2.75, 3.05) is 38.2 Å². The van der Waals surface area contributed by atoms with Crippen molar-refractivity contribution in [3.63, 3.8) is 0 Å². The van der Waals surface area contributed by atoms with Crippen LogP contribution in [-0.2, 0) is 11.3 Å². The lowest BCUT2D eigenvalue weighted by Gasteiger charge is -2.36. The number of esters is 1. The second kappa shape index (κ2) is 8.77. The van der Waals surface area contributed by atoms with Crippen LogP contribution in [-0.4, -0.2) is 50.2 Å². The number of amides is 2. The molecule has 0 aromatic heterocycles. The molecule has 0 saturated carbocycles. The Bertz CT molecular complexity index is 802. The zero-order chi connectivity index (χ0) is 19.2. The molecule has 142 valence electrons. The third-order valence-corrected chi connectivity index (χ3v) is 4.83. The number of nitrogens with zero attached hydrogens (tertiary/aromatic N) is 2. The van der Waals surface area contributed by atoms with E-state index in [1.165, 1.54) is 7.11 Å². The minimum Gasteiger partial charge on any atom is -0.465 e. The summed E-state index contributed by atoms with van der Waals surface area (Å²) < 4.78 is 4.86. The molecule has 1 saturated heterocycles.